The third-order valence-electron chi connectivity index (χ3n) is 5.30. The van der Waals surface area contributed by atoms with Gasteiger partial charge in [0.25, 0.3) is 0 Å². The molecule has 0 bridgehead atoms. The molecule has 3 rings (SSSR count). The van der Waals surface area contributed by atoms with Crippen LogP contribution >= 0.6 is 12.4 Å². The minimum atomic E-state index is 0. The molecule has 2 fully saturated rings. The Morgan fingerprint density at radius 3 is 2.83 bits per heavy atom. The van der Waals surface area contributed by atoms with Crippen LogP contribution in [0.5, 0.6) is 0 Å². The highest BCUT2D eigenvalue weighted by Crippen LogP contribution is 2.22. The maximum absolute atomic E-state index is 12.4. The van der Waals surface area contributed by atoms with Crippen molar-refractivity contribution in [1.82, 2.24) is 15.5 Å². The highest BCUT2D eigenvalue weighted by Gasteiger charge is 2.29. The monoisotopic (exact) mass is 351 g/mol. The van der Waals surface area contributed by atoms with Gasteiger partial charge in [0, 0.05) is 25.7 Å². The van der Waals surface area contributed by atoms with Gasteiger partial charge in [-0.1, -0.05) is 30.3 Å². The van der Waals surface area contributed by atoms with Crippen molar-refractivity contribution in [3.8, 4) is 0 Å². The van der Waals surface area contributed by atoms with Gasteiger partial charge in [0.1, 0.15) is 0 Å². The standard InChI is InChI=1S/C19H29N3O.ClH/c1-15(21-19(23)17-8-5-10-20-12-17)18-9-11-22(14-18)13-16-6-3-2-4-7-16;/h2-4,6-7,15,17-18,20H,5,8-14H2,1H3,(H,21,23);1H/t15?,17-,18?;/m1./s1. The number of halogens is 1. The molecule has 5 heteroatoms. The number of carbonyl (C=O) groups is 1. The van der Waals surface area contributed by atoms with Crippen LogP contribution < -0.4 is 10.6 Å². The third kappa shape index (κ3) is 5.20. The maximum Gasteiger partial charge on any atom is 0.224 e. The number of rotatable bonds is 5. The van der Waals surface area contributed by atoms with E-state index in [1.54, 1.807) is 0 Å². The van der Waals surface area contributed by atoms with E-state index in [0.717, 1.165) is 45.6 Å². The number of hydrogen-bond donors (Lipinski definition) is 2. The van der Waals surface area contributed by atoms with E-state index in [2.05, 4.69) is 52.8 Å². The van der Waals surface area contributed by atoms with Crippen molar-refractivity contribution in [1.29, 1.82) is 0 Å². The van der Waals surface area contributed by atoms with Gasteiger partial charge in [-0.2, -0.15) is 0 Å². The maximum atomic E-state index is 12.4. The molecule has 24 heavy (non-hydrogen) atoms. The van der Waals surface area contributed by atoms with Crippen molar-refractivity contribution in [2.75, 3.05) is 26.2 Å². The lowest BCUT2D eigenvalue weighted by Crippen LogP contribution is -2.46. The van der Waals surface area contributed by atoms with Crippen molar-refractivity contribution in [2.24, 2.45) is 11.8 Å². The fourth-order valence-electron chi connectivity index (χ4n) is 3.79. The molecule has 1 aromatic rings. The second kappa shape index (κ2) is 9.40. The van der Waals surface area contributed by atoms with E-state index < -0.39 is 0 Å². The largest absolute Gasteiger partial charge is 0.353 e. The summed E-state index contributed by atoms with van der Waals surface area (Å²) in [7, 11) is 0. The number of carbonyl (C=O) groups excluding carboxylic acids is 1. The summed E-state index contributed by atoms with van der Waals surface area (Å²) in [6.07, 6.45) is 3.31. The van der Waals surface area contributed by atoms with Crippen LogP contribution in [0, 0.1) is 11.8 Å². The zero-order valence-corrected chi connectivity index (χ0v) is 15.4. The van der Waals surface area contributed by atoms with Gasteiger partial charge in [-0.15, -0.1) is 12.4 Å². The second-order valence-corrected chi connectivity index (χ2v) is 7.11. The molecule has 2 saturated heterocycles. The molecule has 1 aromatic carbocycles. The lowest BCUT2D eigenvalue weighted by Gasteiger charge is -2.26. The van der Waals surface area contributed by atoms with Gasteiger partial charge in [-0.3, -0.25) is 9.69 Å². The number of amides is 1. The third-order valence-corrected chi connectivity index (χ3v) is 5.30. The molecular formula is C19H30ClN3O. The van der Waals surface area contributed by atoms with E-state index in [-0.39, 0.29) is 30.3 Å². The Labute approximate surface area is 151 Å². The second-order valence-electron chi connectivity index (χ2n) is 7.11. The summed E-state index contributed by atoms with van der Waals surface area (Å²) >= 11 is 0. The van der Waals surface area contributed by atoms with Crippen LogP contribution in [0.4, 0.5) is 0 Å². The van der Waals surface area contributed by atoms with Crippen molar-refractivity contribution in [3.63, 3.8) is 0 Å². The highest BCUT2D eigenvalue weighted by atomic mass is 35.5. The van der Waals surface area contributed by atoms with Crippen LogP contribution in [0.1, 0.15) is 31.7 Å². The lowest BCUT2D eigenvalue weighted by molar-refractivity contribution is -0.126. The molecule has 0 spiro atoms. The van der Waals surface area contributed by atoms with Crippen LogP contribution in [-0.4, -0.2) is 43.0 Å². The summed E-state index contributed by atoms with van der Waals surface area (Å²) < 4.78 is 0. The Morgan fingerprint density at radius 1 is 1.33 bits per heavy atom. The minimum Gasteiger partial charge on any atom is -0.353 e. The van der Waals surface area contributed by atoms with Crippen molar-refractivity contribution in [3.05, 3.63) is 35.9 Å². The van der Waals surface area contributed by atoms with Crippen LogP contribution in [0.2, 0.25) is 0 Å². The van der Waals surface area contributed by atoms with Crippen LogP contribution in [0.25, 0.3) is 0 Å². The molecule has 0 radical (unpaired) electrons. The van der Waals surface area contributed by atoms with E-state index in [9.17, 15) is 4.79 Å². The predicted molar refractivity (Wildman–Crippen MR) is 100 cm³/mol. The Bertz CT molecular complexity index is 505. The normalized spacial score (nSPS) is 25.7. The lowest BCUT2D eigenvalue weighted by atomic mass is 9.96. The van der Waals surface area contributed by atoms with Gasteiger partial charge >= 0.3 is 0 Å². The first kappa shape index (κ1) is 19.2. The quantitative estimate of drug-likeness (QED) is 0.856. The van der Waals surface area contributed by atoms with E-state index in [1.165, 1.54) is 12.0 Å². The number of piperidine rings is 1. The number of benzene rings is 1. The Kier molecular flexibility index (Phi) is 7.53. The van der Waals surface area contributed by atoms with Crippen LogP contribution in [0.3, 0.4) is 0 Å². The molecule has 0 saturated carbocycles. The van der Waals surface area contributed by atoms with Gasteiger partial charge in [0.2, 0.25) is 5.91 Å². The molecule has 1 amide bonds. The molecule has 0 aliphatic carbocycles. The smallest absolute Gasteiger partial charge is 0.224 e. The molecular weight excluding hydrogens is 322 g/mol. The predicted octanol–water partition coefficient (Wildman–Crippen LogP) is 2.43. The average molecular weight is 352 g/mol. The molecule has 134 valence electrons. The van der Waals surface area contributed by atoms with E-state index in [0.29, 0.717) is 5.92 Å². The SMILES string of the molecule is CC(NC(=O)[C@@H]1CCCNC1)C1CCN(Cc2ccccc2)C1.Cl. The van der Waals surface area contributed by atoms with E-state index in [4.69, 9.17) is 0 Å². The van der Waals surface area contributed by atoms with Gasteiger partial charge in [-0.05, 0) is 50.8 Å². The minimum absolute atomic E-state index is 0. The molecule has 2 N–H and O–H groups in total. The molecule has 2 heterocycles. The topological polar surface area (TPSA) is 44.4 Å². The molecule has 2 unspecified atom stereocenters. The van der Waals surface area contributed by atoms with Gasteiger partial charge in [0.15, 0.2) is 0 Å². The Hall–Kier alpha value is -1.10. The summed E-state index contributed by atoms with van der Waals surface area (Å²) in [6, 6.07) is 10.9. The molecule has 3 atom stereocenters. The Balaban J connectivity index is 0.00000208. The van der Waals surface area contributed by atoms with Gasteiger partial charge < -0.3 is 10.6 Å². The molecule has 0 aromatic heterocycles. The van der Waals surface area contributed by atoms with Gasteiger partial charge in [0.05, 0.1) is 5.92 Å². The van der Waals surface area contributed by atoms with Crippen molar-refractivity contribution in [2.45, 2.75) is 38.8 Å². The summed E-state index contributed by atoms with van der Waals surface area (Å²) in [5.74, 6) is 0.971. The first-order chi connectivity index (χ1) is 11.2. The highest BCUT2D eigenvalue weighted by molar-refractivity contribution is 5.85. The zero-order chi connectivity index (χ0) is 16.1. The average Bonchev–Trinajstić information content (AvgIpc) is 3.05. The number of likely N-dealkylation sites (tertiary alicyclic amines) is 1. The zero-order valence-electron chi connectivity index (χ0n) is 14.5. The van der Waals surface area contributed by atoms with E-state index in [1.807, 2.05) is 0 Å². The first-order valence-corrected chi connectivity index (χ1v) is 9.00. The summed E-state index contributed by atoms with van der Waals surface area (Å²) in [6.45, 7) is 7.29. The molecule has 2 aliphatic heterocycles. The number of hydrogen-bond acceptors (Lipinski definition) is 3. The summed E-state index contributed by atoms with van der Waals surface area (Å²) in [4.78, 5) is 14.9. The molecule has 2 aliphatic rings. The van der Waals surface area contributed by atoms with Crippen molar-refractivity contribution < 1.29 is 4.79 Å². The van der Waals surface area contributed by atoms with Crippen molar-refractivity contribution >= 4 is 18.3 Å². The number of nitrogens with zero attached hydrogens (tertiary/aromatic N) is 1. The fourth-order valence-corrected chi connectivity index (χ4v) is 3.79. The summed E-state index contributed by atoms with van der Waals surface area (Å²) in [5.41, 5.74) is 1.37. The molecule has 4 nitrogen and oxygen atoms in total. The first-order valence-electron chi connectivity index (χ1n) is 9.00. The number of nitrogens with one attached hydrogen (secondary N) is 2. The van der Waals surface area contributed by atoms with E-state index >= 15 is 0 Å². The Morgan fingerprint density at radius 2 is 2.12 bits per heavy atom. The van der Waals surface area contributed by atoms with Crippen LogP contribution in [-0.2, 0) is 11.3 Å². The van der Waals surface area contributed by atoms with Gasteiger partial charge in [-0.25, -0.2) is 0 Å². The fraction of sp³-hybridized carbons (Fsp3) is 0.632. The summed E-state index contributed by atoms with van der Waals surface area (Å²) in [5, 5.41) is 6.59. The van der Waals surface area contributed by atoms with Crippen LogP contribution in [0.15, 0.2) is 30.3 Å².